The Labute approximate surface area is 99.5 Å². The van der Waals surface area contributed by atoms with Crippen molar-refractivity contribution >= 4 is 5.69 Å². The lowest BCUT2D eigenvalue weighted by atomic mass is 9.83. The fourth-order valence-electron chi connectivity index (χ4n) is 2.73. The van der Waals surface area contributed by atoms with Gasteiger partial charge in [0.2, 0.25) is 0 Å². The maximum atomic E-state index is 2.55. The molecule has 1 nitrogen and oxygen atoms in total. The molecule has 2 atom stereocenters. The predicted molar refractivity (Wildman–Crippen MR) is 70.8 cm³/mol. The fraction of sp³-hybridized carbons (Fsp3) is 0.600. The SMILES string of the molecule is CC1CC(C(C)C)CN(c2ccccc2)C1. The van der Waals surface area contributed by atoms with Crippen molar-refractivity contribution in [3.05, 3.63) is 30.3 Å². The van der Waals surface area contributed by atoms with Crippen molar-refractivity contribution in [3.8, 4) is 0 Å². The van der Waals surface area contributed by atoms with E-state index in [1.165, 1.54) is 25.2 Å². The zero-order valence-corrected chi connectivity index (χ0v) is 10.7. The van der Waals surface area contributed by atoms with Crippen LogP contribution in [0.1, 0.15) is 27.2 Å². The summed E-state index contributed by atoms with van der Waals surface area (Å²) < 4.78 is 0. The third kappa shape index (κ3) is 2.58. The molecule has 88 valence electrons. The van der Waals surface area contributed by atoms with Crippen molar-refractivity contribution < 1.29 is 0 Å². The van der Waals surface area contributed by atoms with Crippen LogP contribution in [0.4, 0.5) is 5.69 Å². The van der Waals surface area contributed by atoms with Gasteiger partial charge in [0.25, 0.3) is 0 Å². The lowest BCUT2D eigenvalue weighted by molar-refractivity contribution is 0.270. The van der Waals surface area contributed by atoms with E-state index < -0.39 is 0 Å². The molecule has 0 amide bonds. The minimum atomic E-state index is 0.800. The largest absolute Gasteiger partial charge is 0.371 e. The molecule has 0 N–H and O–H groups in total. The van der Waals surface area contributed by atoms with Crippen molar-refractivity contribution in [2.45, 2.75) is 27.2 Å². The van der Waals surface area contributed by atoms with Crippen LogP contribution in [0.15, 0.2) is 30.3 Å². The molecule has 2 rings (SSSR count). The predicted octanol–water partition coefficient (Wildman–Crippen LogP) is 3.81. The van der Waals surface area contributed by atoms with E-state index in [4.69, 9.17) is 0 Å². The summed E-state index contributed by atoms with van der Waals surface area (Å²) in [6, 6.07) is 10.8. The van der Waals surface area contributed by atoms with E-state index in [0.29, 0.717) is 0 Å². The highest BCUT2D eigenvalue weighted by Crippen LogP contribution is 2.30. The first-order valence-electron chi connectivity index (χ1n) is 6.47. The lowest BCUT2D eigenvalue weighted by Gasteiger charge is -2.39. The Kier molecular flexibility index (Phi) is 3.52. The number of hydrogen-bond donors (Lipinski definition) is 0. The first-order chi connectivity index (χ1) is 7.66. The second-order valence-corrected chi connectivity index (χ2v) is 5.59. The number of para-hydroxylation sites is 1. The molecule has 1 aliphatic heterocycles. The molecule has 1 heterocycles. The van der Waals surface area contributed by atoms with Gasteiger partial charge < -0.3 is 4.90 Å². The molecule has 1 fully saturated rings. The number of rotatable bonds is 2. The number of nitrogens with zero attached hydrogens (tertiary/aromatic N) is 1. The maximum Gasteiger partial charge on any atom is 0.0366 e. The van der Waals surface area contributed by atoms with Gasteiger partial charge in [-0.05, 0) is 36.3 Å². The first-order valence-corrected chi connectivity index (χ1v) is 6.47. The van der Waals surface area contributed by atoms with Crippen molar-refractivity contribution in [1.82, 2.24) is 0 Å². The van der Waals surface area contributed by atoms with Gasteiger partial charge in [-0.1, -0.05) is 39.0 Å². The summed E-state index contributed by atoms with van der Waals surface area (Å²) in [4.78, 5) is 2.55. The third-order valence-corrected chi connectivity index (χ3v) is 3.76. The topological polar surface area (TPSA) is 3.24 Å². The summed E-state index contributed by atoms with van der Waals surface area (Å²) in [5.41, 5.74) is 1.39. The molecule has 0 bridgehead atoms. The Morgan fingerprint density at radius 3 is 2.44 bits per heavy atom. The van der Waals surface area contributed by atoms with E-state index in [-0.39, 0.29) is 0 Å². The highest BCUT2D eigenvalue weighted by atomic mass is 15.1. The van der Waals surface area contributed by atoms with Gasteiger partial charge in [0, 0.05) is 18.8 Å². The molecule has 2 unspecified atom stereocenters. The van der Waals surface area contributed by atoms with Crippen LogP contribution in [0, 0.1) is 17.8 Å². The molecule has 16 heavy (non-hydrogen) atoms. The van der Waals surface area contributed by atoms with Gasteiger partial charge in [-0.25, -0.2) is 0 Å². The average Bonchev–Trinajstić information content (AvgIpc) is 2.29. The van der Waals surface area contributed by atoms with Gasteiger partial charge in [-0.15, -0.1) is 0 Å². The van der Waals surface area contributed by atoms with Gasteiger partial charge in [0.15, 0.2) is 0 Å². The van der Waals surface area contributed by atoms with Crippen LogP contribution in [0.5, 0.6) is 0 Å². The van der Waals surface area contributed by atoms with Crippen molar-refractivity contribution in [2.24, 2.45) is 17.8 Å². The summed E-state index contributed by atoms with van der Waals surface area (Å²) in [6.07, 6.45) is 1.39. The van der Waals surface area contributed by atoms with Crippen LogP contribution >= 0.6 is 0 Å². The minimum absolute atomic E-state index is 0.800. The summed E-state index contributed by atoms with van der Waals surface area (Å²) in [6.45, 7) is 9.53. The second-order valence-electron chi connectivity index (χ2n) is 5.59. The normalized spacial score (nSPS) is 26.1. The smallest absolute Gasteiger partial charge is 0.0366 e. The van der Waals surface area contributed by atoms with Crippen molar-refractivity contribution in [1.29, 1.82) is 0 Å². The van der Waals surface area contributed by atoms with E-state index in [2.05, 4.69) is 56.0 Å². The van der Waals surface area contributed by atoms with Crippen LogP contribution in [0.25, 0.3) is 0 Å². The number of piperidine rings is 1. The summed E-state index contributed by atoms with van der Waals surface area (Å²) in [5, 5.41) is 0. The van der Waals surface area contributed by atoms with Crippen LogP contribution in [-0.2, 0) is 0 Å². The van der Waals surface area contributed by atoms with Crippen molar-refractivity contribution in [3.63, 3.8) is 0 Å². The molecule has 0 aliphatic carbocycles. The summed E-state index contributed by atoms with van der Waals surface area (Å²) in [5.74, 6) is 2.47. The van der Waals surface area contributed by atoms with Crippen LogP contribution in [0.2, 0.25) is 0 Å². The molecule has 1 aliphatic rings. The van der Waals surface area contributed by atoms with E-state index in [1.54, 1.807) is 0 Å². The molecule has 1 heteroatoms. The van der Waals surface area contributed by atoms with Gasteiger partial charge in [-0.2, -0.15) is 0 Å². The van der Waals surface area contributed by atoms with E-state index in [0.717, 1.165) is 17.8 Å². The Hall–Kier alpha value is -0.980. The molecular formula is C15H23N. The Bertz CT molecular complexity index is 317. The number of benzene rings is 1. The molecular weight excluding hydrogens is 194 g/mol. The van der Waals surface area contributed by atoms with E-state index in [1.807, 2.05) is 0 Å². The van der Waals surface area contributed by atoms with Gasteiger partial charge in [-0.3, -0.25) is 0 Å². The van der Waals surface area contributed by atoms with Crippen molar-refractivity contribution in [2.75, 3.05) is 18.0 Å². The molecule has 1 aromatic carbocycles. The van der Waals surface area contributed by atoms with Crippen LogP contribution in [0.3, 0.4) is 0 Å². The maximum absolute atomic E-state index is 2.55. The van der Waals surface area contributed by atoms with E-state index >= 15 is 0 Å². The average molecular weight is 217 g/mol. The lowest BCUT2D eigenvalue weighted by Crippen LogP contribution is -2.41. The Morgan fingerprint density at radius 2 is 1.81 bits per heavy atom. The number of hydrogen-bond acceptors (Lipinski definition) is 1. The monoisotopic (exact) mass is 217 g/mol. The quantitative estimate of drug-likeness (QED) is 0.728. The first kappa shape index (κ1) is 11.5. The molecule has 1 saturated heterocycles. The van der Waals surface area contributed by atoms with Crippen LogP contribution < -0.4 is 4.90 Å². The zero-order valence-electron chi connectivity index (χ0n) is 10.7. The molecule has 0 radical (unpaired) electrons. The summed E-state index contributed by atoms with van der Waals surface area (Å²) in [7, 11) is 0. The minimum Gasteiger partial charge on any atom is -0.371 e. The fourth-order valence-corrected chi connectivity index (χ4v) is 2.73. The summed E-state index contributed by atoms with van der Waals surface area (Å²) >= 11 is 0. The standard InChI is InChI=1S/C15H23N/c1-12(2)14-9-13(3)10-16(11-14)15-7-5-4-6-8-15/h4-8,12-14H,9-11H2,1-3H3. The van der Waals surface area contributed by atoms with Gasteiger partial charge in [0.05, 0.1) is 0 Å². The molecule has 0 spiro atoms. The number of anilines is 1. The Balaban J connectivity index is 2.11. The molecule has 1 aromatic rings. The van der Waals surface area contributed by atoms with E-state index in [9.17, 15) is 0 Å². The highest BCUT2D eigenvalue weighted by Gasteiger charge is 2.26. The Morgan fingerprint density at radius 1 is 1.12 bits per heavy atom. The molecule has 0 saturated carbocycles. The highest BCUT2D eigenvalue weighted by molar-refractivity contribution is 5.46. The van der Waals surface area contributed by atoms with Crippen LogP contribution in [-0.4, -0.2) is 13.1 Å². The van der Waals surface area contributed by atoms with Gasteiger partial charge >= 0.3 is 0 Å². The van der Waals surface area contributed by atoms with Gasteiger partial charge in [0.1, 0.15) is 0 Å². The zero-order chi connectivity index (χ0) is 11.5. The third-order valence-electron chi connectivity index (χ3n) is 3.76. The second kappa shape index (κ2) is 4.90. The molecule has 0 aromatic heterocycles.